The van der Waals surface area contributed by atoms with Crippen molar-refractivity contribution in [2.75, 3.05) is 32.7 Å². The van der Waals surface area contributed by atoms with Gasteiger partial charge in [-0.05, 0) is 22.4 Å². The molecule has 4 nitrogen and oxygen atoms in total. The minimum Gasteiger partial charge on any atom is -0.351 e. The summed E-state index contributed by atoms with van der Waals surface area (Å²) < 4.78 is 13.7. The Kier molecular flexibility index (Phi) is 6.17. The zero-order valence-electron chi connectivity index (χ0n) is 16.5. The van der Waals surface area contributed by atoms with E-state index in [1.165, 1.54) is 22.4 Å². The number of amides is 1. The molecule has 29 heavy (non-hydrogen) atoms. The van der Waals surface area contributed by atoms with Crippen molar-refractivity contribution in [1.82, 2.24) is 15.1 Å². The summed E-state index contributed by atoms with van der Waals surface area (Å²) in [7, 11) is 0. The van der Waals surface area contributed by atoms with Gasteiger partial charge in [0.1, 0.15) is 5.82 Å². The van der Waals surface area contributed by atoms with Crippen LogP contribution < -0.4 is 5.32 Å². The van der Waals surface area contributed by atoms with Gasteiger partial charge in [0.15, 0.2) is 0 Å². The summed E-state index contributed by atoms with van der Waals surface area (Å²) in [5, 5.41) is 5.41. The second-order valence-corrected chi connectivity index (χ2v) is 7.56. The normalized spacial score (nSPS) is 15.5. The second-order valence-electron chi connectivity index (χ2n) is 7.56. The third kappa shape index (κ3) is 5.00. The van der Waals surface area contributed by atoms with Crippen molar-refractivity contribution in [3.8, 4) is 0 Å². The lowest BCUT2D eigenvalue weighted by Gasteiger charge is -2.34. The number of hydrogen-bond acceptors (Lipinski definition) is 3. The van der Waals surface area contributed by atoms with E-state index in [4.69, 9.17) is 0 Å². The topological polar surface area (TPSA) is 35.6 Å². The predicted molar refractivity (Wildman–Crippen MR) is 114 cm³/mol. The highest BCUT2D eigenvalue weighted by Crippen LogP contribution is 2.20. The van der Waals surface area contributed by atoms with E-state index in [-0.39, 0.29) is 18.3 Å². The van der Waals surface area contributed by atoms with Crippen molar-refractivity contribution in [1.29, 1.82) is 0 Å². The number of hydrogen-bond donors (Lipinski definition) is 1. The summed E-state index contributed by atoms with van der Waals surface area (Å²) in [6, 6.07) is 21.5. The Bertz CT molecular complexity index is 977. The molecule has 0 spiro atoms. The van der Waals surface area contributed by atoms with Crippen LogP contribution in [0.2, 0.25) is 0 Å². The van der Waals surface area contributed by atoms with E-state index < -0.39 is 0 Å². The Hall–Kier alpha value is -2.76. The minimum absolute atomic E-state index is 0.0595. The monoisotopic (exact) mass is 391 g/mol. The average molecular weight is 391 g/mol. The highest BCUT2D eigenvalue weighted by molar-refractivity contribution is 5.85. The van der Waals surface area contributed by atoms with Crippen molar-refractivity contribution in [3.63, 3.8) is 0 Å². The third-order valence-corrected chi connectivity index (χ3v) is 5.54. The number of nitrogens with one attached hydrogen (secondary N) is 1. The lowest BCUT2D eigenvalue weighted by Crippen LogP contribution is -2.49. The Morgan fingerprint density at radius 2 is 1.48 bits per heavy atom. The maximum Gasteiger partial charge on any atom is 0.234 e. The van der Waals surface area contributed by atoms with E-state index in [9.17, 15) is 9.18 Å². The number of benzene rings is 3. The van der Waals surface area contributed by atoms with Crippen LogP contribution in [0.1, 0.15) is 11.1 Å². The summed E-state index contributed by atoms with van der Waals surface area (Å²) in [4.78, 5) is 16.8. The molecule has 0 bridgehead atoms. The zero-order chi connectivity index (χ0) is 20.1. The molecule has 0 aromatic heterocycles. The van der Waals surface area contributed by atoms with Gasteiger partial charge in [0.25, 0.3) is 0 Å². The number of carbonyl (C=O) groups is 1. The first-order valence-corrected chi connectivity index (χ1v) is 10.1. The van der Waals surface area contributed by atoms with Crippen LogP contribution in [-0.2, 0) is 17.9 Å². The Morgan fingerprint density at radius 3 is 2.31 bits per heavy atom. The minimum atomic E-state index is -0.283. The fourth-order valence-electron chi connectivity index (χ4n) is 3.87. The summed E-state index contributed by atoms with van der Waals surface area (Å²) in [6.07, 6.45) is 0. The maximum atomic E-state index is 13.7. The van der Waals surface area contributed by atoms with Crippen molar-refractivity contribution in [3.05, 3.63) is 83.7 Å². The van der Waals surface area contributed by atoms with Gasteiger partial charge in [0.2, 0.25) is 5.91 Å². The van der Waals surface area contributed by atoms with E-state index >= 15 is 0 Å². The second kappa shape index (κ2) is 9.16. The van der Waals surface area contributed by atoms with Crippen LogP contribution in [0.15, 0.2) is 66.7 Å². The molecule has 4 rings (SSSR count). The van der Waals surface area contributed by atoms with Gasteiger partial charge in [-0.2, -0.15) is 0 Å². The van der Waals surface area contributed by atoms with Gasteiger partial charge in [-0.3, -0.25) is 14.6 Å². The van der Waals surface area contributed by atoms with Crippen LogP contribution in [0, 0.1) is 5.82 Å². The molecule has 0 aliphatic carbocycles. The first kappa shape index (κ1) is 19.6. The van der Waals surface area contributed by atoms with Crippen LogP contribution in [0.25, 0.3) is 10.8 Å². The first-order valence-electron chi connectivity index (χ1n) is 10.1. The first-order chi connectivity index (χ1) is 14.2. The van der Waals surface area contributed by atoms with Crippen LogP contribution in [0.3, 0.4) is 0 Å². The Morgan fingerprint density at radius 1 is 0.828 bits per heavy atom. The van der Waals surface area contributed by atoms with Crippen LogP contribution in [0.5, 0.6) is 0 Å². The summed E-state index contributed by atoms with van der Waals surface area (Å²) in [5.74, 6) is -0.342. The molecule has 1 N–H and O–H groups in total. The zero-order valence-corrected chi connectivity index (χ0v) is 16.5. The highest BCUT2D eigenvalue weighted by atomic mass is 19.1. The molecule has 150 valence electrons. The molecule has 1 aliphatic rings. The van der Waals surface area contributed by atoms with Crippen molar-refractivity contribution >= 4 is 16.7 Å². The van der Waals surface area contributed by atoms with Gasteiger partial charge in [-0.15, -0.1) is 0 Å². The molecule has 0 unspecified atom stereocenters. The quantitative estimate of drug-likeness (QED) is 0.700. The largest absolute Gasteiger partial charge is 0.351 e. The average Bonchev–Trinajstić information content (AvgIpc) is 2.75. The molecule has 0 saturated carbocycles. The van der Waals surface area contributed by atoms with Crippen LogP contribution in [-0.4, -0.2) is 48.4 Å². The Balaban J connectivity index is 1.25. The molecule has 1 heterocycles. The van der Waals surface area contributed by atoms with E-state index in [1.807, 2.05) is 0 Å². The molecule has 1 fully saturated rings. The maximum absolute atomic E-state index is 13.7. The molecule has 0 radical (unpaired) electrons. The van der Waals surface area contributed by atoms with Gasteiger partial charge in [0.05, 0.1) is 6.54 Å². The number of halogens is 1. The van der Waals surface area contributed by atoms with Crippen molar-refractivity contribution in [2.45, 2.75) is 13.1 Å². The predicted octanol–water partition coefficient (Wildman–Crippen LogP) is 3.41. The lowest BCUT2D eigenvalue weighted by atomic mass is 10.0. The number of carbonyl (C=O) groups excluding carboxylic acids is 1. The van der Waals surface area contributed by atoms with Crippen LogP contribution >= 0.6 is 0 Å². The molecule has 5 heteroatoms. The van der Waals surface area contributed by atoms with Gasteiger partial charge in [0, 0.05) is 44.8 Å². The Labute approximate surface area is 170 Å². The molecule has 1 saturated heterocycles. The smallest absolute Gasteiger partial charge is 0.234 e. The van der Waals surface area contributed by atoms with Gasteiger partial charge >= 0.3 is 0 Å². The lowest BCUT2D eigenvalue weighted by molar-refractivity contribution is -0.122. The van der Waals surface area contributed by atoms with E-state index in [2.05, 4.69) is 57.6 Å². The number of rotatable bonds is 6. The van der Waals surface area contributed by atoms with Crippen molar-refractivity contribution in [2.24, 2.45) is 0 Å². The molecule has 1 aliphatic heterocycles. The van der Waals surface area contributed by atoms with E-state index in [0.717, 1.165) is 32.7 Å². The molecular formula is C24H26FN3O. The fourth-order valence-corrected chi connectivity index (χ4v) is 3.87. The summed E-state index contributed by atoms with van der Waals surface area (Å²) >= 11 is 0. The number of fused-ring (bicyclic) bond motifs is 1. The van der Waals surface area contributed by atoms with Crippen molar-refractivity contribution < 1.29 is 9.18 Å². The SMILES string of the molecule is O=C(CN1CCN(Cc2cccc3ccccc23)CC1)NCc1ccccc1F. The molecular weight excluding hydrogens is 365 g/mol. The van der Waals surface area contributed by atoms with Gasteiger partial charge in [-0.1, -0.05) is 60.7 Å². The van der Waals surface area contributed by atoms with Gasteiger partial charge < -0.3 is 5.32 Å². The molecule has 3 aromatic rings. The summed E-state index contributed by atoms with van der Waals surface area (Å²) in [6.45, 7) is 5.10. The molecule has 3 aromatic carbocycles. The number of piperazine rings is 1. The third-order valence-electron chi connectivity index (χ3n) is 5.54. The highest BCUT2D eigenvalue weighted by Gasteiger charge is 2.19. The summed E-state index contributed by atoms with van der Waals surface area (Å²) in [5.41, 5.74) is 1.86. The molecule has 0 atom stereocenters. The standard InChI is InChI=1S/C24H26FN3O/c25-23-11-4-2-7-20(23)16-26-24(29)18-28-14-12-27(13-15-28)17-21-9-5-8-19-6-1-3-10-22(19)21/h1-11H,12-18H2,(H,26,29). The fraction of sp³-hybridized carbons (Fsp3) is 0.292. The van der Waals surface area contributed by atoms with Gasteiger partial charge in [-0.25, -0.2) is 4.39 Å². The molecule has 1 amide bonds. The van der Waals surface area contributed by atoms with E-state index in [1.54, 1.807) is 18.2 Å². The van der Waals surface area contributed by atoms with Crippen LogP contribution in [0.4, 0.5) is 4.39 Å². The van der Waals surface area contributed by atoms with E-state index in [0.29, 0.717) is 12.1 Å². The number of nitrogens with zero attached hydrogens (tertiary/aromatic N) is 2.